The van der Waals surface area contributed by atoms with Crippen LogP contribution < -0.4 is 29.0 Å². The largest absolute Gasteiger partial charge is 0.497 e. The number of nitrogens with one attached hydrogen (secondary N) is 1. The first kappa shape index (κ1) is 25.0. The minimum atomic E-state index is 0.582. The maximum atomic E-state index is 5.58. The second-order valence-electron chi connectivity index (χ2n) is 7.01. The molecule has 2 rings (SSSR count). The van der Waals surface area contributed by atoms with Crippen LogP contribution in [0.1, 0.15) is 18.1 Å². The number of guanidine groups is 1. The third-order valence-electron chi connectivity index (χ3n) is 5.03. The fraction of sp³-hybridized carbons (Fsp3) is 0.458. The zero-order valence-electron chi connectivity index (χ0n) is 20.2. The fourth-order valence-corrected chi connectivity index (χ4v) is 3.42. The van der Waals surface area contributed by atoms with Gasteiger partial charge in [0.05, 0.1) is 35.5 Å². The van der Waals surface area contributed by atoms with Crippen molar-refractivity contribution < 1.29 is 23.7 Å². The molecule has 0 bridgehead atoms. The van der Waals surface area contributed by atoms with E-state index in [1.54, 1.807) is 35.5 Å². The average Bonchev–Trinajstić information content (AvgIpc) is 2.82. The zero-order chi connectivity index (χ0) is 23.5. The molecule has 0 heterocycles. The van der Waals surface area contributed by atoms with E-state index in [0.29, 0.717) is 36.8 Å². The number of nitrogens with zero attached hydrogens (tertiary/aromatic N) is 2. The molecule has 0 amide bonds. The molecule has 0 aromatic heterocycles. The van der Waals surface area contributed by atoms with Crippen LogP contribution in [0.5, 0.6) is 28.7 Å². The van der Waals surface area contributed by atoms with Gasteiger partial charge in [0.1, 0.15) is 11.5 Å². The lowest BCUT2D eigenvalue weighted by Gasteiger charge is -2.23. The Bertz CT molecular complexity index is 901. The quantitative estimate of drug-likeness (QED) is 0.420. The molecule has 176 valence electrons. The topological polar surface area (TPSA) is 73.8 Å². The SMILES string of the molecule is CCNC(=NCCc1ccc(OC)c(OC)c1OC)N(C)Cc1ccc(OC)cc1OC. The Hall–Kier alpha value is -3.29. The molecule has 8 heteroatoms. The lowest BCUT2D eigenvalue weighted by atomic mass is 10.1. The molecule has 0 aliphatic carbocycles. The first-order chi connectivity index (χ1) is 15.5. The normalized spacial score (nSPS) is 11.0. The van der Waals surface area contributed by atoms with E-state index in [-0.39, 0.29) is 0 Å². The Morgan fingerprint density at radius 3 is 2.12 bits per heavy atom. The van der Waals surface area contributed by atoms with Gasteiger partial charge in [-0.3, -0.25) is 4.99 Å². The van der Waals surface area contributed by atoms with Crippen LogP contribution in [0.25, 0.3) is 0 Å². The van der Waals surface area contributed by atoms with E-state index in [1.165, 1.54) is 0 Å². The number of methoxy groups -OCH3 is 5. The molecule has 0 fully saturated rings. The molecule has 0 radical (unpaired) electrons. The molecule has 2 aromatic carbocycles. The molecule has 0 saturated heterocycles. The van der Waals surface area contributed by atoms with Crippen molar-refractivity contribution in [2.24, 2.45) is 4.99 Å². The van der Waals surface area contributed by atoms with Crippen LogP contribution in [0.2, 0.25) is 0 Å². The minimum absolute atomic E-state index is 0.582. The number of aliphatic imine (C=N–C) groups is 1. The van der Waals surface area contributed by atoms with Crippen molar-refractivity contribution in [1.82, 2.24) is 10.2 Å². The van der Waals surface area contributed by atoms with Gasteiger partial charge in [0, 0.05) is 43.9 Å². The number of ether oxygens (including phenoxy) is 5. The van der Waals surface area contributed by atoms with Crippen LogP contribution in [0.4, 0.5) is 0 Å². The van der Waals surface area contributed by atoms with Gasteiger partial charge < -0.3 is 33.9 Å². The summed E-state index contributed by atoms with van der Waals surface area (Å²) in [5.41, 5.74) is 2.05. The van der Waals surface area contributed by atoms with Gasteiger partial charge >= 0.3 is 0 Å². The lowest BCUT2D eigenvalue weighted by Crippen LogP contribution is -2.38. The molecule has 8 nitrogen and oxygen atoms in total. The van der Waals surface area contributed by atoms with Gasteiger partial charge in [-0.25, -0.2) is 0 Å². The fourth-order valence-electron chi connectivity index (χ4n) is 3.42. The molecular formula is C24H35N3O5. The van der Waals surface area contributed by atoms with Crippen molar-refractivity contribution in [2.75, 3.05) is 55.7 Å². The summed E-state index contributed by atoms with van der Waals surface area (Å²) in [6, 6.07) is 9.68. The van der Waals surface area contributed by atoms with E-state index in [9.17, 15) is 0 Å². The molecule has 1 N–H and O–H groups in total. The van der Waals surface area contributed by atoms with Crippen LogP contribution in [0, 0.1) is 0 Å². The van der Waals surface area contributed by atoms with Gasteiger partial charge in [-0.05, 0) is 31.5 Å². The monoisotopic (exact) mass is 445 g/mol. The van der Waals surface area contributed by atoms with Crippen molar-refractivity contribution in [3.05, 3.63) is 41.5 Å². The Labute approximate surface area is 191 Å². The maximum absolute atomic E-state index is 5.58. The van der Waals surface area contributed by atoms with Crippen molar-refractivity contribution >= 4 is 5.96 Å². The Kier molecular flexibility index (Phi) is 9.78. The van der Waals surface area contributed by atoms with Gasteiger partial charge in [0.15, 0.2) is 17.5 Å². The molecule has 32 heavy (non-hydrogen) atoms. The van der Waals surface area contributed by atoms with E-state index >= 15 is 0 Å². The third-order valence-corrected chi connectivity index (χ3v) is 5.03. The summed E-state index contributed by atoms with van der Waals surface area (Å²) in [5, 5.41) is 3.35. The summed E-state index contributed by atoms with van der Waals surface area (Å²) in [5.74, 6) is 4.25. The molecule has 0 atom stereocenters. The molecule has 2 aromatic rings. The minimum Gasteiger partial charge on any atom is -0.497 e. The molecule has 0 spiro atoms. The summed E-state index contributed by atoms with van der Waals surface area (Å²) in [4.78, 5) is 6.87. The molecule has 0 aliphatic heterocycles. The van der Waals surface area contributed by atoms with Gasteiger partial charge in [-0.15, -0.1) is 0 Å². The first-order valence-electron chi connectivity index (χ1n) is 10.5. The highest BCUT2D eigenvalue weighted by Crippen LogP contribution is 2.39. The van der Waals surface area contributed by atoms with Gasteiger partial charge in [-0.2, -0.15) is 0 Å². The predicted octanol–water partition coefficient (Wildman–Crippen LogP) is 3.37. The van der Waals surface area contributed by atoms with E-state index in [1.807, 2.05) is 37.4 Å². The van der Waals surface area contributed by atoms with Crippen LogP contribution in [0.3, 0.4) is 0 Å². The molecular weight excluding hydrogens is 410 g/mol. The second-order valence-corrected chi connectivity index (χ2v) is 7.01. The van der Waals surface area contributed by atoms with E-state index in [2.05, 4.69) is 17.1 Å². The van der Waals surface area contributed by atoms with E-state index in [4.69, 9.17) is 28.7 Å². The maximum Gasteiger partial charge on any atom is 0.203 e. The van der Waals surface area contributed by atoms with E-state index in [0.717, 1.165) is 35.1 Å². The van der Waals surface area contributed by atoms with Gasteiger partial charge in [0.2, 0.25) is 5.75 Å². The van der Waals surface area contributed by atoms with Crippen molar-refractivity contribution in [1.29, 1.82) is 0 Å². The smallest absolute Gasteiger partial charge is 0.203 e. The van der Waals surface area contributed by atoms with Gasteiger partial charge in [-0.1, -0.05) is 6.07 Å². The molecule has 0 saturated carbocycles. The number of hydrogen-bond acceptors (Lipinski definition) is 6. The zero-order valence-corrected chi connectivity index (χ0v) is 20.2. The summed E-state index contributed by atoms with van der Waals surface area (Å²) >= 11 is 0. The Morgan fingerprint density at radius 1 is 0.844 bits per heavy atom. The standard InChI is InChI=1S/C24H35N3O5/c1-8-25-24(27(2)16-18-9-11-19(28-3)15-21(18)30-5)26-14-13-17-10-12-20(29-4)23(32-7)22(17)31-6/h9-12,15H,8,13-14,16H2,1-7H3,(H,25,26). The average molecular weight is 446 g/mol. The van der Waals surface area contributed by atoms with Gasteiger partial charge in [0.25, 0.3) is 0 Å². The van der Waals surface area contributed by atoms with Crippen molar-refractivity contribution in [3.63, 3.8) is 0 Å². The van der Waals surface area contributed by atoms with E-state index < -0.39 is 0 Å². The van der Waals surface area contributed by atoms with Crippen molar-refractivity contribution in [3.8, 4) is 28.7 Å². The highest BCUT2D eigenvalue weighted by atomic mass is 16.5. The second kappa shape index (κ2) is 12.5. The predicted molar refractivity (Wildman–Crippen MR) is 127 cm³/mol. The van der Waals surface area contributed by atoms with Crippen LogP contribution in [-0.4, -0.2) is 66.5 Å². The summed E-state index contributed by atoms with van der Waals surface area (Å²) in [6.07, 6.45) is 0.693. The first-order valence-corrected chi connectivity index (χ1v) is 10.5. The highest BCUT2D eigenvalue weighted by Gasteiger charge is 2.16. The molecule has 0 aliphatic rings. The van der Waals surface area contributed by atoms with Crippen LogP contribution in [-0.2, 0) is 13.0 Å². The number of benzene rings is 2. The third kappa shape index (κ3) is 6.12. The molecule has 0 unspecified atom stereocenters. The number of rotatable bonds is 11. The summed E-state index contributed by atoms with van der Waals surface area (Å²) in [6.45, 7) is 4.04. The van der Waals surface area contributed by atoms with Crippen molar-refractivity contribution in [2.45, 2.75) is 19.9 Å². The summed E-state index contributed by atoms with van der Waals surface area (Å²) < 4.78 is 27.2. The highest BCUT2D eigenvalue weighted by molar-refractivity contribution is 5.79. The lowest BCUT2D eigenvalue weighted by molar-refractivity contribution is 0.322. The van der Waals surface area contributed by atoms with Crippen LogP contribution >= 0.6 is 0 Å². The number of hydrogen-bond donors (Lipinski definition) is 1. The van der Waals surface area contributed by atoms with Crippen LogP contribution in [0.15, 0.2) is 35.3 Å². The Balaban J connectivity index is 2.17. The summed E-state index contributed by atoms with van der Waals surface area (Å²) in [7, 11) is 10.1. The Morgan fingerprint density at radius 2 is 1.53 bits per heavy atom.